The molecule has 0 radical (unpaired) electrons. The Morgan fingerprint density at radius 1 is 1.45 bits per heavy atom. The molecule has 0 saturated heterocycles. The third kappa shape index (κ3) is 1.66. The molecule has 0 aliphatic carbocycles. The molecule has 3 heteroatoms. The Bertz CT molecular complexity index is 316. The van der Waals surface area contributed by atoms with Crippen LogP contribution in [0.15, 0.2) is 15.8 Å². The summed E-state index contributed by atoms with van der Waals surface area (Å²) in [7, 11) is 0. The summed E-state index contributed by atoms with van der Waals surface area (Å²) in [5.41, 5.74) is 1.75. The second kappa shape index (κ2) is 3.13. The highest BCUT2D eigenvalue weighted by atomic mass is 32.2. The Kier molecular flexibility index (Phi) is 2.39. The number of nitrogens with one attached hydrogen (secondary N) is 1. The summed E-state index contributed by atoms with van der Waals surface area (Å²) in [6.45, 7) is 3.73. The fourth-order valence-corrected chi connectivity index (χ4v) is 1.63. The molecule has 1 rings (SSSR count). The van der Waals surface area contributed by atoms with Crippen molar-refractivity contribution < 1.29 is 0 Å². The van der Waals surface area contributed by atoms with Gasteiger partial charge in [0.05, 0.1) is 0 Å². The molecule has 11 heavy (non-hydrogen) atoms. The molecule has 0 spiro atoms. The second-order valence-electron chi connectivity index (χ2n) is 2.47. The molecular weight excluding hydrogens is 158 g/mol. The Morgan fingerprint density at radius 2 is 2.09 bits per heavy atom. The van der Waals surface area contributed by atoms with E-state index < -0.39 is 0 Å². The minimum atomic E-state index is 0.0225. The van der Waals surface area contributed by atoms with E-state index in [2.05, 4.69) is 4.98 Å². The minimum absolute atomic E-state index is 0.0225. The van der Waals surface area contributed by atoms with Gasteiger partial charge in [-0.25, -0.2) is 0 Å². The van der Waals surface area contributed by atoms with Gasteiger partial charge in [-0.05, 0) is 26.2 Å². The maximum absolute atomic E-state index is 11.2. The van der Waals surface area contributed by atoms with Crippen LogP contribution in [0.1, 0.15) is 11.3 Å². The number of hydrogen-bond acceptors (Lipinski definition) is 2. The lowest BCUT2D eigenvalue weighted by atomic mass is 10.3. The van der Waals surface area contributed by atoms with E-state index >= 15 is 0 Å². The van der Waals surface area contributed by atoms with Crippen LogP contribution < -0.4 is 5.56 Å². The van der Waals surface area contributed by atoms with E-state index in [0.29, 0.717) is 0 Å². The van der Waals surface area contributed by atoms with Gasteiger partial charge in [0.25, 0.3) is 5.56 Å². The third-order valence-electron chi connectivity index (χ3n) is 1.59. The Labute approximate surface area is 70.0 Å². The van der Waals surface area contributed by atoms with Gasteiger partial charge in [-0.3, -0.25) is 4.79 Å². The van der Waals surface area contributed by atoms with Gasteiger partial charge in [0, 0.05) is 16.2 Å². The van der Waals surface area contributed by atoms with Crippen LogP contribution in [0, 0.1) is 13.8 Å². The number of H-pyrrole nitrogens is 1. The maximum Gasteiger partial charge on any atom is 0.252 e. The van der Waals surface area contributed by atoms with Crippen molar-refractivity contribution in [2.24, 2.45) is 0 Å². The number of pyridine rings is 1. The zero-order chi connectivity index (χ0) is 8.43. The van der Waals surface area contributed by atoms with E-state index in [1.54, 1.807) is 11.8 Å². The van der Waals surface area contributed by atoms with E-state index in [4.69, 9.17) is 0 Å². The lowest BCUT2D eigenvalue weighted by molar-refractivity contribution is 1.06. The van der Waals surface area contributed by atoms with Gasteiger partial charge in [0.15, 0.2) is 0 Å². The molecule has 1 aromatic heterocycles. The molecule has 0 aliphatic rings. The number of aromatic amines is 1. The van der Waals surface area contributed by atoms with Crippen LogP contribution in [0.5, 0.6) is 0 Å². The first-order chi connectivity index (χ1) is 5.15. The molecule has 2 nitrogen and oxygen atoms in total. The average Bonchev–Trinajstić information content (AvgIpc) is 1.96. The smallest absolute Gasteiger partial charge is 0.252 e. The van der Waals surface area contributed by atoms with Gasteiger partial charge in [0.1, 0.15) is 0 Å². The van der Waals surface area contributed by atoms with Crippen LogP contribution >= 0.6 is 11.8 Å². The van der Waals surface area contributed by atoms with Crippen LogP contribution in [0.4, 0.5) is 0 Å². The maximum atomic E-state index is 11.2. The van der Waals surface area contributed by atoms with Crippen molar-refractivity contribution in [3.05, 3.63) is 27.7 Å². The molecule has 1 aromatic rings. The highest BCUT2D eigenvalue weighted by Gasteiger charge is 2.00. The van der Waals surface area contributed by atoms with Gasteiger partial charge in [-0.15, -0.1) is 11.8 Å². The minimum Gasteiger partial charge on any atom is -0.326 e. The zero-order valence-electron chi connectivity index (χ0n) is 6.89. The van der Waals surface area contributed by atoms with Crippen molar-refractivity contribution in [2.45, 2.75) is 18.7 Å². The van der Waals surface area contributed by atoms with Crippen molar-refractivity contribution in [3.63, 3.8) is 0 Å². The Balaban J connectivity index is 3.36. The van der Waals surface area contributed by atoms with Gasteiger partial charge in [0.2, 0.25) is 0 Å². The predicted octanol–water partition coefficient (Wildman–Crippen LogP) is 1.71. The highest BCUT2D eigenvalue weighted by Crippen LogP contribution is 2.16. The summed E-state index contributed by atoms with van der Waals surface area (Å²) >= 11 is 1.60. The van der Waals surface area contributed by atoms with E-state index in [-0.39, 0.29) is 5.56 Å². The number of hydrogen-bond donors (Lipinski definition) is 1. The van der Waals surface area contributed by atoms with Crippen molar-refractivity contribution in [1.29, 1.82) is 0 Å². The summed E-state index contributed by atoms with van der Waals surface area (Å²) in [4.78, 5) is 15.0. The Morgan fingerprint density at radius 3 is 2.64 bits per heavy atom. The van der Waals surface area contributed by atoms with Crippen LogP contribution in [0.2, 0.25) is 0 Å². The van der Waals surface area contributed by atoms with Crippen molar-refractivity contribution in [1.82, 2.24) is 4.98 Å². The molecular formula is C8H11NOS. The topological polar surface area (TPSA) is 32.9 Å². The molecule has 60 valence electrons. The van der Waals surface area contributed by atoms with Crippen molar-refractivity contribution in [2.75, 3.05) is 6.26 Å². The number of rotatable bonds is 1. The molecule has 0 fully saturated rings. The van der Waals surface area contributed by atoms with Gasteiger partial charge in [-0.2, -0.15) is 0 Å². The molecule has 1 N–H and O–H groups in total. The van der Waals surface area contributed by atoms with E-state index in [0.717, 1.165) is 16.2 Å². The molecule has 1 heterocycles. The summed E-state index contributed by atoms with van der Waals surface area (Å²) in [6, 6.07) is 1.99. The van der Waals surface area contributed by atoms with E-state index in [9.17, 15) is 4.79 Å². The molecule has 0 amide bonds. The van der Waals surface area contributed by atoms with Crippen LogP contribution in [-0.2, 0) is 0 Å². The van der Waals surface area contributed by atoms with Crippen LogP contribution in [-0.4, -0.2) is 11.2 Å². The van der Waals surface area contributed by atoms with Crippen molar-refractivity contribution >= 4 is 11.8 Å². The summed E-state index contributed by atoms with van der Waals surface area (Å²) in [5.74, 6) is 0. The van der Waals surface area contributed by atoms with Gasteiger partial charge >= 0.3 is 0 Å². The van der Waals surface area contributed by atoms with Crippen LogP contribution in [0.25, 0.3) is 0 Å². The molecule has 0 saturated carbocycles. The van der Waals surface area contributed by atoms with E-state index in [1.807, 2.05) is 26.2 Å². The molecule has 0 aromatic carbocycles. The predicted molar refractivity (Wildman–Crippen MR) is 48.3 cm³/mol. The summed E-state index contributed by atoms with van der Waals surface area (Å²) in [6.07, 6.45) is 1.97. The van der Waals surface area contributed by atoms with Crippen molar-refractivity contribution in [3.8, 4) is 0 Å². The van der Waals surface area contributed by atoms with Gasteiger partial charge in [-0.1, -0.05) is 0 Å². The second-order valence-corrected chi connectivity index (χ2v) is 3.32. The largest absolute Gasteiger partial charge is 0.326 e. The zero-order valence-corrected chi connectivity index (χ0v) is 7.71. The first-order valence-electron chi connectivity index (χ1n) is 3.39. The third-order valence-corrected chi connectivity index (χ3v) is 2.45. The first-order valence-corrected chi connectivity index (χ1v) is 4.62. The number of thioether (sulfide) groups is 1. The SMILES string of the molecule is CSc1cc(C)[nH]c(=O)c1C. The molecule has 0 aliphatic heterocycles. The monoisotopic (exact) mass is 169 g/mol. The highest BCUT2D eigenvalue weighted by molar-refractivity contribution is 7.98. The molecule has 0 unspecified atom stereocenters. The standard InChI is InChI=1S/C8H11NOS/c1-5-4-7(11-3)6(2)8(10)9-5/h4H,1-3H3,(H,9,10). The average molecular weight is 169 g/mol. The van der Waals surface area contributed by atoms with Gasteiger partial charge < -0.3 is 4.98 Å². The van der Waals surface area contributed by atoms with Crippen LogP contribution in [0.3, 0.4) is 0 Å². The fraction of sp³-hybridized carbons (Fsp3) is 0.375. The summed E-state index contributed by atoms with van der Waals surface area (Å²) in [5, 5.41) is 0. The number of aryl methyl sites for hydroxylation is 1. The first kappa shape index (κ1) is 8.40. The Hall–Kier alpha value is -0.700. The fourth-order valence-electron chi connectivity index (χ4n) is 0.938. The summed E-state index contributed by atoms with van der Waals surface area (Å²) < 4.78 is 0. The quantitative estimate of drug-likeness (QED) is 0.649. The lowest BCUT2D eigenvalue weighted by Crippen LogP contribution is -2.11. The molecule has 0 bridgehead atoms. The molecule has 0 atom stereocenters. The normalized spacial score (nSPS) is 10.1. The van der Waals surface area contributed by atoms with E-state index in [1.165, 1.54) is 0 Å². The lowest BCUT2D eigenvalue weighted by Gasteiger charge is -2.01. The number of aromatic nitrogens is 1.